The molecule has 1 fully saturated rings. The topological polar surface area (TPSA) is 38.7 Å². The van der Waals surface area contributed by atoms with Crippen molar-refractivity contribution in [2.24, 2.45) is 0 Å². The molecule has 1 aliphatic rings. The molecular weight excluding hydrogens is 107 g/mol. The van der Waals surface area contributed by atoms with Crippen molar-refractivity contribution < 1.29 is 14.6 Å². The lowest BCUT2D eigenvalue weighted by molar-refractivity contribution is -0.0437. The van der Waals surface area contributed by atoms with Crippen molar-refractivity contribution in [3.05, 3.63) is 0 Å². The number of rotatable bonds is 1. The molecule has 0 saturated carbocycles. The molecule has 1 rings (SSSR count). The van der Waals surface area contributed by atoms with Crippen LogP contribution in [0.2, 0.25) is 0 Å². The first-order valence-electron chi connectivity index (χ1n) is 2.70. The molecule has 4 heteroatoms. The maximum absolute atomic E-state index is 8.53. The van der Waals surface area contributed by atoms with Gasteiger partial charge in [0.1, 0.15) is 6.79 Å². The molecule has 0 unspecified atom stereocenters. The second kappa shape index (κ2) is 3.07. The standard InChI is InChI=1S/C4H9BO3/c6-1-5-2-7-4-8-3-5/h6H,1-4H2. The Morgan fingerprint density at radius 3 is 2.38 bits per heavy atom. The molecule has 0 amide bonds. The second-order valence-electron chi connectivity index (χ2n) is 1.91. The summed E-state index contributed by atoms with van der Waals surface area (Å²) in [7, 11) is 0. The molecule has 0 bridgehead atoms. The van der Waals surface area contributed by atoms with E-state index in [1.54, 1.807) is 0 Å². The van der Waals surface area contributed by atoms with Crippen LogP contribution in [0.5, 0.6) is 0 Å². The summed E-state index contributed by atoms with van der Waals surface area (Å²) in [5.74, 6) is 0. The molecule has 0 aliphatic carbocycles. The van der Waals surface area contributed by atoms with Crippen molar-refractivity contribution in [1.82, 2.24) is 0 Å². The third-order valence-electron chi connectivity index (χ3n) is 1.13. The molecule has 0 aromatic carbocycles. The van der Waals surface area contributed by atoms with Crippen LogP contribution in [0.15, 0.2) is 0 Å². The highest BCUT2D eigenvalue weighted by atomic mass is 16.7. The molecule has 0 radical (unpaired) electrons. The van der Waals surface area contributed by atoms with Gasteiger partial charge in [0.2, 0.25) is 6.71 Å². The monoisotopic (exact) mass is 116 g/mol. The minimum Gasteiger partial charge on any atom is -0.404 e. The number of aliphatic hydroxyl groups is 1. The smallest absolute Gasteiger partial charge is 0.231 e. The Hall–Kier alpha value is -0.0551. The fraction of sp³-hybridized carbons (Fsp3) is 1.00. The van der Waals surface area contributed by atoms with Gasteiger partial charge in [0.15, 0.2) is 0 Å². The largest absolute Gasteiger partial charge is 0.404 e. The van der Waals surface area contributed by atoms with Crippen molar-refractivity contribution in [2.45, 2.75) is 0 Å². The number of hydrogen-bond donors (Lipinski definition) is 1. The number of ether oxygens (including phenoxy) is 2. The lowest BCUT2D eigenvalue weighted by Crippen LogP contribution is -2.37. The highest BCUT2D eigenvalue weighted by molar-refractivity contribution is 6.58. The van der Waals surface area contributed by atoms with Gasteiger partial charge in [0.05, 0.1) is 0 Å². The first-order chi connectivity index (χ1) is 3.93. The van der Waals surface area contributed by atoms with E-state index in [1.807, 2.05) is 0 Å². The van der Waals surface area contributed by atoms with Gasteiger partial charge >= 0.3 is 0 Å². The number of hydrogen-bond acceptors (Lipinski definition) is 3. The Kier molecular flexibility index (Phi) is 2.33. The van der Waals surface area contributed by atoms with E-state index >= 15 is 0 Å². The van der Waals surface area contributed by atoms with Gasteiger partial charge in [-0.2, -0.15) is 0 Å². The van der Waals surface area contributed by atoms with Crippen LogP contribution in [0.25, 0.3) is 0 Å². The van der Waals surface area contributed by atoms with E-state index in [2.05, 4.69) is 0 Å². The summed E-state index contributed by atoms with van der Waals surface area (Å²) in [4.78, 5) is 0. The quantitative estimate of drug-likeness (QED) is 0.451. The summed E-state index contributed by atoms with van der Waals surface area (Å²) in [5, 5.41) is 8.53. The third-order valence-corrected chi connectivity index (χ3v) is 1.13. The van der Waals surface area contributed by atoms with Crippen molar-refractivity contribution in [1.29, 1.82) is 0 Å². The first-order valence-corrected chi connectivity index (χ1v) is 2.70. The molecule has 0 spiro atoms. The van der Waals surface area contributed by atoms with Crippen LogP contribution in [0.4, 0.5) is 0 Å². The Morgan fingerprint density at radius 1 is 1.38 bits per heavy atom. The lowest BCUT2D eigenvalue weighted by atomic mass is 9.52. The summed E-state index contributed by atoms with van der Waals surface area (Å²) >= 11 is 0. The molecule has 46 valence electrons. The summed E-state index contributed by atoms with van der Waals surface area (Å²) < 4.78 is 9.78. The van der Waals surface area contributed by atoms with Crippen LogP contribution in [0, 0.1) is 0 Å². The number of aliphatic hydroxyl groups excluding tert-OH is 1. The van der Waals surface area contributed by atoms with Crippen molar-refractivity contribution in [2.75, 3.05) is 26.3 Å². The van der Waals surface area contributed by atoms with Gasteiger partial charge in [0, 0.05) is 19.5 Å². The lowest BCUT2D eigenvalue weighted by Gasteiger charge is -2.16. The zero-order chi connectivity index (χ0) is 5.82. The maximum atomic E-state index is 8.53. The van der Waals surface area contributed by atoms with Crippen LogP contribution in [0.1, 0.15) is 0 Å². The van der Waals surface area contributed by atoms with E-state index in [9.17, 15) is 0 Å². The van der Waals surface area contributed by atoms with Crippen LogP contribution in [-0.4, -0.2) is 38.1 Å². The van der Waals surface area contributed by atoms with E-state index < -0.39 is 0 Å². The van der Waals surface area contributed by atoms with Gasteiger partial charge in [0.25, 0.3) is 0 Å². The first kappa shape index (κ1) is 6.07. The molecule has 1 aliphatic heterocycles. The minimum atomic E-state index is 0.167. The highest BCUT2D eigenvalue weighted by Crippen LogP contribution is 1.93. The normalized spacial score (nSPS) is 21.4. The van der Waals surface area contributed by atoms with Crippen molar-refractivity contribution in [3.63, 3.8) is 0 Å². The molecule has 1 N–H and O–H groups in total. The van der Waals surface area contributed by atoms with Gasteiger partial charge in [-0.3, -0.25) is 0 Å². The Labute approximate surface area is 48.7 Å². The summed E-state index contributed by atoms with van der Waals surface area (Å²) in [6.07, 6.45) is 0. The van der Waals surface area contributed by atoms with Crippen LogP contribution in [0.3, 0.4) is 0 Å². The molecule has 3 nitrogen and oxygen atoms in total. The van der Waals surface area contributed by atoms with Crippen molar-refractivity contribution in [3.8, 4) is 0 Å². The van der Waals surface area contributed by atoms with Gasteiger partial charge in [-0.1, -0.05) is 0 Å². The van der Waals surface area contributed by atoms with E-state index in [1.165, 1.54) is 0 Å². The second-order valence-corrected chi connectivity index (χ2v) is 1.91. The van der Waals surface area contributed by atoms with Gasteiger partial charge in [-0.25, -0.2) is 0 Å². The summed E-state index contributed by atoms with van der Waals surface area (Å²) in [6.45, 7) is 2.02. The Morgan fingerprint density at radius 2 is 2.00 bits per heavy atom. The third kappa shape index (κ3) is 1.47. The zero-order valence-corrected chi connectivity index (χ0v) is 4.67. The average Bonchev–Trinajstić information content (AvgIpc) is 1.90. The predicted octanol–water partition coefficient (Wildman–Crippen LogP) is -0.905. The molecule has 1 heterocycles. The van der Waals surface area contributed by atoms with Crippen LogP contribution in [-0.2, 0) is 9.47 Å². The van der Waals surface area contributed by atoms with E-state index in [0.29, 0.717) is 19.8 Å². The molecule has 0 atom stereocenters. The predicted molar refractivity (Wildman–Crippen MR) is 29.6 cm³/mol. The SMILES string of the molecule is OCB1COCOC1. The Balaban J connectivity index is 2.13. The molecule has 1 saturated heterocycles. The van der Waals surface area contributed by atoms with Crippen LogP contribution < -0.4 is 0 Å². The maximum Gasteiger partial charge on any atom is 0.231 e. The highest BCUT2D eigenvalue weighted by Gasteiger charge is 2.16. The molecule has 0 aromatic rings. The van der Waals surface area contributed by atoms with Gasteiger partial charge in [-0.05, 0) is 0 Å². The Bertz CT molecular complexity index is 62.3. The fourth-order valence-corrected chi connectivity index (χ4v) is 0.642. The van der Waals surface area contributed by atoms with E-state index in [0.717, 1.165) is 0 Å². The zero-order valence-electron chi connectivity index (χ0n) is 4.67. The molecular formula is C4H9BO3. The van der Waals surface area contributed by atoms with Crippen molar-refractivity contribution >= 4 is 6.71 Å². The molecule has 8 heavy (non-hydrogen) atoms. The van der Waals surface area contributed by atoms with E-state index in [-0.39, 0.29) is 13.2 Å². The summed E-state index contributed by atoms with van der Waals surface area (Å²) in [6, 6.07) is 0. The van der Waals surface area contributed by atoms with Gasteiger partial charge < -0.3 is 14.6 Å². The fourth-order valence-electron chi connectivity index (χ4n) is 0.642. The molecule has 0 aromatic heterocycles. The summed E-state index contributed by atoms with van der Waals surface area (Å²) in [5.41, 5.74) is 0. The minimum absolute atomic E-state index is 0.167. The average molecular weight is 116 g/mol. The van der Waals surface area contributed by atoms with Gasteiger partial charge in [-0.15, -0.1) is 0 Å². The van der Waals surface area contributed by atoms with E-state index in [4.69, 9.17) is 14.6 Å². The van der Waals surface area contributed by atoms with Crippen LogP contribution >= 0.6 is 0 Å².